The Morgan fingerprint density at radius 2 is 2.07 bits per heavy atom. The molecule has 84 valence electrons. The van der Waals surface area contributed by atoms with E-state index >= 15 is 0 Å². The molecule has 2 unspecified atom stereocenters. The van der Waals surface area contributed by atoms with Gasteiger partial charge in [-0.1, -0.05) is 20.8 Å². The first-order valence-electron chi connectivity index (χ1n) is 5.67. The molecule has 1 saturated heterocycles. The third-order valence-electron chi connectivity index (χ3n) is 3.23. The fourth-order valence-corrected chi connectivity index (χ4v) is 2.98. The van der Waals surface area contributed by atoms with E-state index in [4.69, 9.17) is 0 Å². The third-order valence-corrected chi connectivity index (χ3v) is 4.59. The van der Waals surface area contributed by atoms with Crippen LogP contribution in [-0.2, 0) is 0 Å². The molecule has 0 radical (unpaired) electrons. The van der Waals surface area contributed by atoms with Gasteiger partial charge in [0.05, 0.1) is 5.60 Å². The maximum atomic E-state index is 10.1. The van der Waals surface area contributed by atoms with Crippen LogP contribution in [0.1, 0.15) is 40.0 Å². The van der Waals surface area contributed by atoms with Crippen LogP contribution in [0.15, 0.2) is 0 Å². The molecular formula is C11H23NOS. The molecule has 1 aliphatic heterocycles. The molecule has 0 bridgehead atoms. The van der Waals surface area contributed by atoms with Crippen molar-refractivity contribution in [2.45, 2.75) is 56.9 Å². The highest BCUT2D eigenvalue weighted by atomic mass is 32.2. The van der Waals surface area contributed by atoms with Crippen LogP contribution in [-0.4, -0.2) is 34.3 Å². The van der Waals surface area contributed by atoms with Gasteiger partial charge in [0.2, 0.25) is 0 Å². The maximum Gasteiger partial charge on any atom is 0.0766 e. The summed E-state index contributed by atoms with van der Waals surface area (Å²) in [7, 11) is 0. The van der Waals surface area contributed by atoms with Crippen LogP contribution >= 0.6 is 11.8 Å². The van der Waals surface area contributed by atoms with Crippen LogP contribution < -0.4 is 5.32 Å². The van der Waals surface area contributed by atoms with Gasteiger partial charge in [0.15, 0.2) is 0 Å². The SMILES string of the molecule is CCC(O)(CC)CNC1CSC(C)C1. The summed E-state index contributed by atoms with van der Waals surface area (Å²) in [6, 6.07) is 0.611. The average molecular weight is 217 g/mol. The van der Waals surface area contributed by atoms with Gasteiger partial charge in [-0.15, -0.1) is 0 Å². The largest absolute Gasteiger partial charge is 0.389 e. The van der Waals surface area contributed by atoms with Crippen LogP contribution in [0, 0.1) is 0 Å². The molecule has 2 nitrogen and oxygen atoms in total. The van der Waals surface area contributed by atoms with Crippen molar-refractivity contribution in [3.05, 3.63) is 0 Å². The monoisotopic (exact) mass is 217 g/mol. The predicted molar refractivity (Wildman–Crippen MR) is 63.9 cm³/mol. The third kappa shape index (κ3) is 3.44. The lowest BCUT2D eigenvalue weighted by atomic mass is 9.97. The van der Waals surface area contributed by atoms with E-state index in [-0.39, 0.29) is 0 Å². The molecule has 3 heteroatoms. The molecule has 1 fully saturated rings. The minimum Gasteiger partial charge on any atom is -0.389 e. The van der Waals surface area contributed by atoms with Crippen molar-refractivity contribution < 1.29 is 5.11 Å². The van der Waals surface area contributed by atoms with Gasteiger partial charge in [0.25, 0.3) is 0 Å². The molecule has 0 aromatic heterocycles. The van der Waals surface area contributed by atoms with Crippen LogP contribution in [0.2, 0.25) is 0 Å². The second-order valence-corrected chi connectivity index (χ2v) is 5.86. The van der Waals surface area contributed by atoms with E-state index < -0.39 is 5.60 Å². The lowest BCUT2D eigenvalue weighted by Crippen LogP contribution is -2.44. The van der Waals surface area contributed by atoms with Crippen molar-refractivity contribution in [2.24, 2.45) is 0 Å². The Labute approximate surface area is 91.9 Å². The van der Waals surface area contributed by atoms with E-state index in [0.717, 1.165) is 24.6 Å². The minimum absolute atomic E-state index is 0.490. The quantitative estimate of drug-likeness (QED) is 0.739. The van der Waals surface area contributed by atoms with Crippen molar-refractivity contribution in [1.29, 1.82) is 0 Å². The predicted octanol–water partition coefficient (Wildman–Crippen LogP) is 2.02. The van der Waals surface area contributed by atoms with Crippen molar-refractivity contribution >= 4 is 11.8 Å². The Hall–Kier alpha value is 0.270. The van der Waals surface area contributed by atoms with E-state index in [9.17, 15) is 5.11 Å². The molecule has 0 aromatic carbocycles. The Balaban J connectivity index is 2.25. The van der Waals surface area contributed by atoms with Gasteiger partial charge in [0, 0.05) is 23.6 Å². The molecule has 0 aromatic rings. The number of aliphatic hydroxyl groups is 1. The zero-order valence-electron chi connectivity index (χ0n) is 9.55. The van der Waals surface area contributed by atoms with Crippen molar-refractivity contribution in [3.8, 4) is 0 Å². The highest BCUT2D eigenvalue weighted by Crippen LogP contribution is 2.26. The van der Waals surface area contributed by atoms with E-state index in [0.29, 0.717) is 6.04 Å². The van der Waals surface area contributed by atoms with E-state index in [1.165, 1.54) is 12.2 Å². The van der Waals surface area contributed by atoms with Crippen molar-refractivity contribution in [3.63, 3.8) is 0 Å². The number of nitrogens with one attached hydrogen (secondary N) is 1. The lowest BCUT2D eigenvalue weighted by Gasteiger charge is -2.27. The van der Waals surface area contributed by atoms with Crippen molar-refractivity contribution in [1.82, 2.24) is 5.32 Å². The highest BCUT2D eigenvalue weighted by molar-refractivity contribution is 8.00. The Morgan fingerprint density at radius 1 is 1.43 bits per heavy atom. The molecule has 1 aliphatic rings. The highest BCUT2D eigenvalue weighted by Gasteiger charge is 2.26. The van der Waals surface area contributed by atoms with Crippen LogP contribution in [0.4, 0.5) is 0 Å². The summed E-state index contributed by atoms with van der Waals surface area (Å²) in [6.07, 6.45) is 2.92. The molecule has 1 rings (SSSR count). The number of hydrogen-bond donors (Lipinski definition) is 2. The summed E-state index contributed by atoms with van der Waals surface area (Å²) in [5.74, 6) is 1.20. The smallest absolute Gasteiger partial charge is 0.0766 e. The summed E-state index contributed by atoms with van der Waals surface area (Å²) in [4.78, 5) is 0. The Kier molecular flexibility index (Phi) is 4.74. The van der Waals surface area contributed by atoms with Gasteiger partial charge >= 0.3 is 0 Å². The maximum absolute atomic E-state index is 10.1. The van der Waals surface area contributed by atoms with E-state index in [1.54, 1.807) is 0 Å². The molecule has 0 aliphatic carbocycles. The fourth-order valence-electron chi connectivity index (χ4n) is 1.79. The molecule has 0 spiro atoms. The average Bonchev–Trinajstić information content (AvgIpc) is 2.61. The molecule has 2 atom stereocenters. The second-order valence-electron chi connectivity index (χ2n) is 4.39. The topological polar surface area (TPSA) is 32.3 Å². The normalized spacial score (nSPS) is 28.3. The summed E-state index contributed by atoms with van der Waals surface area (Å²) in [6.45, 7) is 7.13. The zero-order valence-corrected chi connectivity index (χ0v) is 10.4. The van der Waals surface area contributed by atoms with Gasteiger partial charge in [0.1, 0.15) is 0 Å². The van der Waals surface area contributed by atoms with Crippen LogP contribution in [0.5, 0.6) is 0 Å². The van der Waals surface area contributed by atoms with Gasteiger partial charge < -0.3 is 10.4 Å². The van der Waals surface area contributed by atoms with Gasteiger partial charge in [-0.3, -0.25) is 0 Å². The van der Waals surface area contributed by atoms with Crippen LogP contribution in [0.3, 0.4) is 0 Å². The van der Waals surface area contributed by atoms with Crippen molar-refractivity contribution in [2.75, 3.05) is 12.3 Å². The molecule has 1 heterocycles. The van der Waals surface area contributed by atoms with Gasteiger partial charge in [-0.2, -0.15) is 11.8 Å². The molecule has 0 saturated carbocycles. The summed E-state index contributed by atoms with van der Waals surface area (Å²) < 4.78 is 0. The minimum atomic E-state index is -0.490. The number of thioether (sulfide) groups is 1. The summed E-state index contributed by atoms with van der Waals surface area (Å²) in [5.41, 5.74) is -0.490. The molecular weight excluding hydrogens is 194 g/mol. The lowest BCUT2D eigenvalue weighted by molar-refractivity contribution is 0.0304. The van der Waals surface area contributed by atoms with E-state index in [1.807, 2.05) is 11.8 Å². The first kappa shape index (κ1) is 12.3. The van der Waals surface area contributed by atoms with E-state index in [2.05, 4.69) is 26.1 Å². The second kappa shape index (κ2) is 5.38. The standard InChI is InChI=1S/C11H23NOS/c1-4-11(13,5-2)8-12-10-6-9(3)14-7-10/h9-10,12-13H,4-8H2,1-3H3. The van der Waals surface area contributed by atoms with Gasteiger partial charge in [-0.25, -0.2) is 0 Å². The zero-order chi connectivity index (χ0) is 10.6. The van der Waals surface area contributed by atoms with Crippen LogP contribution in [0.25, 0.3) is 0 Å². The summed E-state index contributed by atoms with van der Waals surface area (Å²) >= 11 is 2.03. The Morgan fingerprint density at radius 3 is 2.50 bits per heavy atom. The fraction of sp³-hybridized carbons (Fsp3) is 1.00. The first-order chi connectivity index (χ1) is 6.59. The molecule has 0 amide bonds. The summed E-state index contributed by atoms with van der Waals surface area (Å²) in [5, 5.41) is 14.4. The number of hydrogen-bond acceptors (Lipinski definition) is 3. The molecule has 2 N–H and O–H groups in total. The Bertz CT molecular complexity index is 171. The van der Waals surface area contributed by atoms with Gasteiger partial charge in [-0.05, 0) is 19.3 Å². The first-order valence-corrected chi connectivity index (χ1v) is 6.72. The number of rotatable bonds is 5. The molecule has 14 heavy (non-hydrogen) atoms.